The van der Waals surface area contributed by atoms with E-state index in [2.05, 4.69) is 44.1 Å². The molecule has 0 saturated carbocycles. The number of rotatable bonds is 6. The van der Waals surface area contributed by atoms with Crippen LogP contribution >= 0.6 is 31.9 Å². The standard InChI is InChI=1S/C16H14Br2N2O4/c1-2-10-3-6-15(13(18)7-10)24-9-16(21)19-14-5-4-11(20(22)23)8-12(14)17/h3-8H,2,9H2,1H3,(H,19,21). The zero-order valence-corrected chi connectivity index (χ0v) is 15.9. The Morgan fingerprint density at radius 3 is 2.54 bits per heavy atom. The number of nitro groups is 1. The van der Waals surface area contributed by atoms with E-state index in [0.717, 1.165) is 16.5 Å². The van der Waals surface area contributed by atoms with Crippen LogP contribution in [0.4, 0.5) is 11.4 Å². The molecule has 0 aliphatic rings. The minimum atomic E-state index is -0.503. The van der Waals surface area contributed by atoms with Gasteiger partial charge in [-0.3, -0.25) is 14.9 Å². The van der Waals surface area contributed by atoms with Gasteiger partial charge in [0, 0.05) is 16.6 Å². The first-order valence-corrected chi connectivity index (χ1v) is 8.64. The summed E-state index contributed by atoms with van der Waals surface area (Å²) >= 11 is 6.61. The number of amides is 1. The van der Waals surface area contributed by atoms with Crippen LogP contribution < -0.4 is 10.1 Å². The molecule has 8 heteroatoms. The highest BCUT2D eigenvalue weighted by atomic mass is 79.9. The summed E-state index contributed by atoms with van der Waals surface area (Å²) in [4.78, 5) is 22.2. The quantitative estimate of drug-likeness (QED) is 0.503. The molecule has 0 aliphatic carbocycles. The van der Waals surface area contributed by atoms with E-state index in [0.29, 0.717) is 15.9 Å². The van der Waals surface area contributed by atoms with Crippen molar-refractivity contribution >= 4 is 49.1 Å². The molecule has 6 nitrogen and oxygen atoms in total. The van der Waals surface area contributed by atoms with Crippen LogP contribution in [0.3, 0.4) is 0 Å². The summed E-state index contributed by atoms with van der Waals surface area (Å²) in [5.41, 5.74) is 1.54. The average molecular weight is 458 g/mol. The summed E-state index contributed by atoms with van der Waals surface area (Å²) in [7, 11) is 0. The van der Waals surface area contributed by atoms with Gasteiger partial charge in [0.1, 0.15) is 5.75 Å². The van der Waals surface area contributed by atoms with Crippen LogP contribution in [-0.4, -0.2) is 17.4 Å². The van der Waals surface area contributed by atoms with Gasteiger partial charge in [-0.25, -0.2) is 0 Å². The van der Waals surface area contributed by atoms with Gasteiger partial charge < -0.3 is 10.1 Å². The molecule has 1 amide bonds. The van der Waals surface area contributed by atoms with Crippen LogP contribution in [0.1, 0.15) is 12.5 Å². The van der Waals surface area contributed by atoms with Crippen molar-refractivity contribution in [2.45, 2.75) is 13.3 Å². The van der Waals surface area contributed by atoms with Crippen molar-refractivity contribution < 1.29 is 14.5 Å². The van der Waals surface area contributed by atoms with Crippen molar-refractivity contribution in [3.63, 3.8) is 0 Å². The summed E-state index contributed by atoms with van der Waals surface area (Å²) in [6.07, 6.45) is 0.910. The lowest BCUT2D eigenvalue weighted by molar-refractivity contribution is -0.384. The number of hydrogen-bond acceptors (Lipinski definition) is 4. The molecule has 1 N–H and O–H groups in total. The van der Waals surface area contributed by atoms with Gasteiger partial charge in [-0.05, 0) is 62.0 Å². The summed E-state index contributed by atoms with van der Waals surface area (Å²) < 4.78 is 6.70. The molecule has 0 atom stereocenters. The molecule has 0 radical (unpaired) electrons. The van der Waals surface area contributed by atoms with Crippen molar-refractivity contribution in [2.24, 2.45) is 0 Å². The molecule has 0 bridgehead atoms. The van der Waals surface area contributed by atoms with Crippen LogP contribution in [0, 0.1) is 10.1 Å². The Kier molecular flexibility index (Phi) is 6.33. The molecule has 24 heavy (non-hydrogen) atoms. The zero-order valence-electron chi connectivity index (χ0n) is 12.7. The second kappa shape index (κ2) is 8.25. The maximum absolute atomic E-state index is 12.0. The predicted molar refractivity (Wildman–Crippen MR) is 98.4 cm³/mol. The second-order valence-electron chi connectivity index (χ2n) is 4.88. The summed E-state index contributed by atoms with van der Waals surface area (Å²) in [6, 6.07) is 9.80. The lowest BCUT2D eigenvalue weighted by atomic mass is 10.2. The highest BCUT2D eigenvalue weighted by molar-refractivity contribution is 9.11. The number of non-ortho nitro benzene ring substituents is 1. The minimum Gasteiger partial charge on any atom is -0.483 e. The second-order valence-corrected chi connectivity index (χ2v) is 6.59. The smallest absolute Gasteiger partial charge is 0.270 e. The van der Waals surface area contributed by atoms with E-state index < -0.39 is 4.92 Å². The van der Waals surface area contributed by atoms with Crippen molar-refractivity contribution in [1.82, 2.24) is 0 Å². The zero-order chi connectivity index (χ0) is 17.7. The van der Waals surface area contributed by atoms with E-state index in [9.17, 15) is 14.9 Å². The molecule has 2 aromatic rings. The van der Waals surface area contributed by atoms with Crippen LogP contribution in [0.2, 0.25) is 0 Å². The fraction of sp³-hybridized carbons (Fsp3) is 0.188. The van der Waals surface area contributed by atoms with Crippen LogP contribution in [0.25, 0.3) is 0 Å². The van der Waals surface area contributed by atoms with Gasteiger partial charge in [0.2, 0.25) is 0 Å². The van der Waals surface area contributed by atoms with E-state index in [4.69, 9.17) is 4.74 Å². The van der Waals surface area contributed by atoms with Crippen LogP contribution in [0.5, 0.6) is 5.75 Å². The lowest BCUT2D eigenvalue weighted by Gasteiger charge is -2.10. The highest BCUT2D eigenvalue weighted by Crippen LogP contribution is 2.28. The third kappa shape index (κ3) is 4.78. The molecule has 126 valence electrons. The van der Waals surface area contributed by atoms with Crippen molar-refractivity contribution in [3.05, 3.63) is 61.0 Å². The van der Waals surface area contributed by atoms with Gasteiger partial charge in [-0.15, -0.1) is 0 Å². The molecule has 0 saturated heterocycles. The summed E-state index contributed by atoms with van der Waals surface area (Å²) in [5.74, 6) is 0.209. The fourth-order valence-corrected chi connectivity index (χ4v) is 2.94. The average Bonchev–Trinajstić information content (AvgIpc) is 2.55. The Morgan fingerprint density at radius 2 is 1.96 bits per heavy atom. The number of ether oxygens (including phenoxy) is 1. The van der Waals surface area contributed by atoms with Crippen molar-refractivity contribution in [1.29, 1.82) is 0 Å². The molecule has 0 spiro atoms. The van der Waals surface area contributed by atoms with Gasteiger partial charge in [0.25, 0.3) is 11.6 Å². The van der Waals surface area contributed by atoms with Crippen LogP contribution in [0.15, 0.2) is 45.3 Å². The molecule has 0 heterocycles. The maximum Gasteiger partial charge on any atom is 0.270 e. The highest BCUT2D eigenvalue weighted by Gasteiger charge is 2.12. The molecule has 2 aromatic carbocycles. The largest absolute Gasteiger partial charge is 0.483 e. The fourth-order valence-electron chi connectivity index (χ4n) is 1.93. The molecular formula is C16H14Br2N2O4. The van der Waals surface area contributed by atoms with Gasteiger partial charge >= 0.3 is 0 Å². The molecular weight excluding hydrogens is 444 g/mol. The third-order valence-electron chi connectivity index (χ3n) is 3.20. The summed E-state index contributed by atoms with van der Waals surface area (Å²) in [6.45, 7) is 1.88. The minimum absolute atomic E-state index is 0.0592. The Labute approximate surface area is 155 Å². The van der Waals surface area contributed by atoms with E-state index in [-0.39, 0.29) is 18.2 Å². The topological polar surface area (TPSA) is 81.5 Å². The lowest BCUT2D eigenvalue weighted by Crippen LogP contribution is -2.20. The number of nitrogens with zero attached hydrogens (tertiary/aromatic N) is 1. The normalized spacial score (nSPS) is 10.3. The Hall–Kier alpha value is -1.93. The number of hydrogen-bond donors (Lipinski definition) is 1. The first-order chi connectivity index (χ1) is 11.4. The van der Waals surface area contributed by atoms with Gasteiger partial charge in [0.15, 0.2) is 6.61 Å². The Bertz CT molecular complexity index is 781. The van der Waals surface area contributed by atoms with Crippen LogP contribution in [-0.2, 0) is 11.2 Å². The Balaban J connectivity index is 1.97. The number of nitro benzene ring substituents is 1. The first-order valence-electron chi connectivity index (χ1n) is 7.05. The monoisotopic (exact) mass is 456 g/mol. The molecule has 0 fully saturated rings. The summed E-state index contributed by atoms with van der Waals surface area (Å²) in [5, 5.41) is 13.3. The van der Waals surface area contributed by atoms with E-state index in [1.807, 2.05) is 12.1 Å². The van der Waals surface area contributed by atoms with Gasteiger partial charge in [0.05, 0.1) is 15.1 Å². The number of nitrogens with one attached hydrogen (secondary N) is 1. The number of carbonyl (C=O) groups is 1. The van der Waals surface area contributed by atoms with Crippen molar-refractivity contribution in [2.75, 3.05) is 11.9 Å². The van der Waals surface area contributed by atoms with Gasteiger partial charge in [-0.1, -0.05) is 13.0 Å². The first kappa shape index (κ1) is 18.4. The number of halogens is 2. The van der Waals surface area contributed by atoms with E-state index in [1.54, 1.807) is 6.07 Å². The number of anilines is 1. The molecule has 2 rings (SSSR count). The number of aryl methyl sites for hydroxylation is 1. The van der Waals surface area contributed by atoms with Crippen molar-refractivity contribution in [3.8, 4) is 5.75 Å². The van der Waals surface area contributed by atoms with E-state index in [1.165, 1.54) is 18.2 Å². The Morgan fingerprint density at radius 1 is 1.21 bits per heavy atom. The third-order valence-corrected chi connectivity index (χ3v) is 4.48. The number of benzene rings is 2. The SMILES string of the molecule is CCc1ccc(OCC(=O)Nc2ccc([N+](=O)[O-])cc2Br)c(Br)c1. The maximum atomic E-state index is 12.0. The molecule has 0 aliphatic heterocycles. The van der Waals surface area contributed by atoms with Gasteiger partial charge in [-0.2, -0.15) is 0 Å². The molecule has 0 unspecified atom stereocenters. The van der Waals surface area contributed by atoms with E-state index >= 15 is 0 Å². The number of carbonyl (C=O) groups excluding carboxylic acids is 1. The molecule has 0 aromatic heterocycles. The predicted octanol–water partition coefficient (Wildman–Crippen LogP) is 4.70.